The number of hydrogen-bond donors (Lipinski definition) is 0. The van der Waals surface area contributed by atoms with Crippen LogP contribution >= 0.6 is 24.0 Å². The van der Waals surface area contributed by atoms with Crippen LogP contribution in [0, 0.1) is 12.8 Å². The van der Waals surface area contributed by atoms with Crippen LogP contribution in [0.25, 0.3) is 6.08 Å². The summed E-state index contributed by atoms with van der Waals surface area (Å²) in [6, 6.07) is 18.5. The van der Waals surface area contributed by atoms with Crippen LogP contribution in [0.3, 0.4) is 0 Å². The number of thiocarbonyl (C=S) groups is 1. The molecule has 2 aliphatic heterocycles. The Labute approximate surface area is 193 Å². The Bertz CT molecular complexity index is 994. The van der Waals surface area contributed by atoms with Gasteiger partial charge < -0.3 is 4.90 Å². The van der Waals surface area contributed by atoms with Gasteiger partial charge in [-0.2, -0.15) is 0 Å². The summed E-state index contributed by atoms with van der Waals surface area (Å²) in [7, 11) is 0. The van der Waals surface area contributed by atoms with Gasteiger partial charge in [0, 0.05) is 13.1 Å². The molecule has 0 unspecified atom stereocenters. The number of piperidine rings is 1. The third kappa shape index (κ3) is 5.43. The molecule has 2 aliphatic rings. The Hall–Kier alpha value is -2.44. The van der Waals surface area contributed by atoms with Gasteiger partial charge in [0.05, 0.1) is 4.91 Å². The summed E-state index contributed by atoms with van der Waals surface area (Å²) >= 11 is 6.67. The first-order valence-corrected chi connectivity index (χ1v) is 11.9. The maximum Gasteiger partial charge on any atom is 0.266 e. The molecule has 6 heteroatoms. The van der Waals surface area contributed by atoms with E-state index in [1.54, 1.807) is 0 Å². The van der Waals surface area contributed by atoms with Crippen LogP contribution in [0.2, 0.25) is 0 Å². The molecule has 0 aromatic heterocycles. The van der Waals surface area contributed by atoms with E-state index in [4.69, 9.17) is 12.2 Å². The van der Waals surface area contributed by atoms with Gasteiger partial charge >= 0.3 is 0 Å². The monoisotopic (exact) mass is 450 g/mol. The number of carbonyl (C=O) groups is 2. The number of amides is 2. The van der Waals surface area contributed by atoms with Gasteiger partial charge in [-0.1, -0.05) is 84.1 Å². The maximum atomic E-state index is 12.9. The summed E-state index contributed by atoms with van der Waals surface area (Å²) in [4.78, 5) is 29.6. The molecule has 4 rings (SSSR count). The van der Waals surface area contributed by atoms with Crippen LogP contribution in [0.4, 0.5) is 0 Å². The van der Waals surface area contributed by atoms with E-state index in [1.807, 2.05) is 48.2 Å². The standard InChI is InChI=1S/C25H26N2O2S2/c1-18-7-9-20(10-8-18)16-22-24(29)27(25(30)31-22)17-23(28)26-13-11-21(12-14-26)15-19-5-3-2-4-6-19/h2-10,16,21H,11-15,17H2,1H3/b22-16-. The second kappa shape index (κ2) is 9.79. The summed E-state index contributed by atoms with van der Waals surface area (Å²) in [6.07, 6.45) is 4.89. The average molecular weight is 451 g/mol. The van der Waals surface area contributed by atoms with Gasteiger partial charge in [-0.15, -0.1) is 0 Å². The van der Waals surface area contributed by atoms with Crippen molar-refractivity contribution in [2.45, 2.75) is 26.2 Å². The lowest BCUT2D eigenvalue weighted by Gasteiger charge is -2.33. The van der Waals surface area contributed by atoms with E-state index in [0.29, 0.717) is 15.1 Å². The molecular weight excluding hydrogens is 424 g/mol. The molecule has 31 heavy (non-hydrogen) atoms. The number of hydrogen-bond acceptors (Lipinski definition) is 4. The lowest BCUT2D eigenvalue weighted by atomic mass is 9.90. The predicted molar refractivity (Wildman–Crippen MR) is 131 cm³/mol. The highest BCUT2D eigenvalue weighted by molar-refractivity contribution is 8.26. The van der Waals surface area contributed by atoms with Gasteiger partial charge in [0.25, 0.3) is 5.91 Å². The summed E-state index contributed by atoms with van der Waals surface area (Å²) < 4.78 is 0.454. The Morgan fingerprint density at radius 3 is 2.45 bits per heavy atom. The van der Waals surface area contributed by atoms with Crippen molar-refractivity contribution in [3.05, 3.63) is 76.2 Å². The molecule has 0 bridgehead atoms. The summed E-state index contributed by atoms with van der Waals surface area (Å²) in [6.45, 7) is 3.53. The number of rotatable bonds is 5. The second-order valence-electron chi connectivity index (χ2n) is 8.19. The molecule has 0 saturated carbocycles. The highest BCUT2D eigenvalue weighted by Crippen LogP contribution is 2.32. The topological polar surface area (TPSA) is 40.6 Å². The molecule has 2 heterocycles. The third-order valence-corrected chi connectivity index (χ3v) is 7.25. The van der Waals surface area contributed by atoms with Crippen LogP contribution in [0.15, 0.2) is 59.5 Å². The minimum atomic E-state index is -0.178. The van der Waals surface area contributed by atoms with Crippen LogP contribution in [-0.2, 0) is 16.0 Å². The van der Waals surface area contributed by atoms with Crippen molar-refractivity contribution in [2.24, 2.45) is 5.92 Å². The molecule has 0 N–H and O–H groups in total. The van der Waals surface area contributed by atoms with E-state index >= 15 is 0 Å². The molecule has 2 amide bonds. The lowest BCUT2D eigenvalue weighted by Crippen LogP contribution is -2.45. The number of thioether (sulfide) groups is 1. The fraction of sp³-hybridized carbons (Fsp3) is 0.320. The Morgan fingerprint density at radius 2 is 1.77 bits per heavy atom. The van der Waals surface area contributed by atoms with Crippen LogP contribution in [0.5, 0.6) is 0 Å². The fourth-order valence-electron chi connectivity index (χ4n) is 4.02. The SMILES string of the molecule is Cc1ccc(/C=C2\SC(=S)N(CC(=O)N3CCC(Cc4ccccc4)CC3)C2=O)cc1. The zero-order chi connectivity index (χ0) is 21.8. The van der Waals surface area contributed by atoms with Crippen molar-refractivity contribution in [3.63, 3.8) is 0 Å². The normalized spacial score (nSPS) is 18.8. The first-order valence-electron chi connectivity index (χ1n) is 10.6. The van der Waals surface area contributed by atoms with Crippen molar-refractivity contribution >= 4 is 46.2 Å². The first-order chi connectivity index (χ1) is 15.0. The lowest BCUT2D eigenvalue weighted by molar-refractivity contribution is -0.136. The molecule has 2 aromatic rings. The zero-order valence-corrected chi connectivity index (χ0v) is 19.3. The van der Waals surface area contributed by atoms with E-state index in [-0.39, 0.29) is 18.4 Å². The van der Waals surface area contributed by atoms with Gasteiger partial charge in [0.1, 0.15) is 10.9 Å². The van der Waals surface area contributed by atoms with E-state index in [1.165, 1.54) is 27.8 Å². The first kappa shape index (κ1) is 21.8. The quantitative estimate of drug-likeness (QED) is 0.490. The van der Waals surface area contributed by atoms with Gasteiger partial charge in [0.2, 0.25) is 5.91 Å². The Morgan fingerprint density at radius 1 is 1.10 bits per heavy atom. The summed E-state index contributed by atoms with van der Waals surface area (Å²) in [5.41, 5.74) is 3.48. The minimum absolute atomic E-state index is 0.0222. The van der Waals surface area contributed by atoms with Crippen molar-refractivity contribution in [2.75, 3.05) is 19.6 Å². The number of carbonyl (C=O) groups excluding carboxylic acids is 2. The minimum Gasteiger partial charge on any atom is -0.341 e. The van der Waals surface area contributed by atoms with Crippen molar-refractivity contribution < 1.29 is 9.59 Å². The molecule has 0 atom stereocenters. The van der Waals surface area contributed by atoms with Gasteiger partial charge in [-0.25, -0.2) is 0 Å². The maximum absolute atomic E-state index is 12.9. The molecule has 4 nitrogen and oxygen atoms in total. The molecule has 2 saturated heterocycles. The molecular formula is C25H26N2O2S2. The van der Waals surface area contributed by atoms with Crippen LogP contribution < -0.4 is 0 Å². The summed E-state index contributed by atoms with van der Waals surface area (Å²) in [5, 5.41) is 0. The van der Waals surface area contributed by atoms with Gasteiger partial charge in [-0.05, 0) is 49.3 Å². The predicted octanol–water partition coefficient (Wildman–Crippen LogP) is 4.68. The Kier molecular flexibility index (Phi) is 6.88. The molecule has 0 aliphatic carbocycles. The number of nitrogens with zero attached hydrogens (tertiary/aromatic N) is 2. The van der Waals surface area contributed by atoms with Crippen LogP contribution in [-0.4, -0.2) is 45.6 Å². The number of aryl methyl sites for hydroxylation is 1. The molecule has 160 valence electrons. The van der Waals surface area contributed by atoms with Gasteiger partial charge in [-0.3, -0.25) is 14.5 Å². The number of likely N-dealkylation sites (tertiary alicyclic amines) is 1. The Balaban J connectivity index is 1.32. The molecule has 0 radical (unpaired) electrons. The van der Waals surface area contributed by atoms with Crippen molar-refractivity contribution in [1.29, 1.82) is 0 Å². The third-order valence-electron chi connectivity index (χ3n) is 5.88. The van der Waals surface area contributed by atoms with E-state index in [0.717, 1.165) is 37.9 Å². The van der Waals surface area contributed by atoms with Crippen molar-refractivity contribution in [3.8, 4) is 0 Å². The molecule has 2 fully saturated rings. The highest BCUT2D eigenvalue weighted by Gasteiger charge is 2.35. The number of benzene rings is 2. The van der Waals surface area contributed by atoms with Gasteiger partial charge in [0.15, 0.2) is 0 Å². The second-order valence-corrected chi connectivity index (χ2v) is 9.87. The summed E-state index contributed by atoms with van der Waals surface area (Å²) in [5.74, 6) is 0.398. The largest absolute Gasteiger partial charge is 0.341 e. The van der Waals surface area contributed by atoms with Crippen molar-refractivity contribution in [1.82, 2.24) is 9.80 Å². The molecule has 0 spiro atoms. The fourth-order valence-corrected chi connectivity index (χ4v) is 5.27. The molecule has 2 aromatic carbocycles. The van der Waals surface area contributed by atoms with E-state index < -0.39 is 0 Å². The van der Waals surface area contributed by atoms with E-state index in [2.05, 4.69) is 24.3 Å². The average Bonchev–Trinajstić information content (AvgIpc) is 3.04. The van der Waals surface area contributed by atoms with Crippen LogP contribution in [0.1, 0.15) is 29.5 Å². The van der Waals surface area contributed by atoms with E-state index in [9.17, 15) is 9.59 Å². The zero-order valence-electron chi connectivity index (χ0n) is 17.6. The smallest absolute Gasteiger partial charge is 0.266 e. The highest BCUT2D eigenvalue weighted by atomic mass is 32.2.